The largest absolute Gasteiger partial charge is 0.327 e. The third kappa shape index (κ3) is 2.25. The van der Waals surface area contributed by atoms with Crippen molar-refractivity contribution in [1.82, 2.24) is 14.7 Å². The molecule has 0 radical (unpaired) electrons. The molecule has 3 unspecified atom stereocenters. The molecule has 128 valence electrons. The van der Waals surface area contributed by atoms with Gasteiger partial charge >= 0.3 is 6.03 Å². The summed E-state index contributed by atoms with van der Waals surface area (Å²) in [5.74, 6) is 0.0174. The first-order valence-corrected chi connectivity index (χ1v) is 8.94. The molecule has 3 fully saturated rings. The molecule has 3 heterocycles. The predicted molar refractivity (Wildman–Crippen MR) is 91.3 cm³/mol. The number of likely N-dealkylation sites (tertiary alicyclic amines) is 1. The van der Waals surface area contributed by atoms with E-state index in [-0.39, 0.29) is 18.0 Å². The Kier molecular flexibility index (Phi) is 3.64. The lowest BCUT2D eigenvalue weighted by atomic mass is 9.98. The van der Waals surface area contributed by atoms with E-state index in [1.807, 2.05) is 13.0 Å². The molecule has 0 N–H and O–H groups in total. The second kappa shape index (κ2) is 5.59. The summed E-state index contributed by atoms with van der Waals surface area (Å²) >= 11 is 0. The highest BCUT2D eigenvalue weighted by Crippen LogP contribution is 2.40. The van der Waals surface area contributed by atoms with E-state index >= 15 is 0 Å². The predicted octanol–water partition coefficient (Wildman–Crippen LogP) is 2.47. The van der Waals surface area contributed by atoms with E-state index in [2.05, 4.69) is 36.1 Å². The zero-order valence-corrected chi connectivity index (χ0v) is 14.4. The van der Waals surface area contributed by atoms with Crippen LogP contribution >= 0.6 is 0 Å². The Morgan fingerprint density at radius 2 is 1.96 bits per heavy atom. The molecule has 0 saturated carbocycles. The summed E-state index contributed by atoms with van der Waals surface area (Å²) in [6, 6.07) is 10.7. The fourth-order valence-corrected chi connectivity index (χ4v) is 4.58. The Balaban J connectivity index is 1.50. The normalized spacial score (nSPS) is 33.6. The SMILES string of the molecule is CC1CC(N2C(=O)N3CCCC3(C)C2=O)CN1Cc1ccccc1. The van der Waals surface area contributed by atoms with Gasteiger partial charge in [0.25, 0.3) is 5.91 Å². The zero-order valence-electron chi connectivity index (χ0n) is 14.4. The van der Waals surface area contributed by atoms with Crippen LogP contribution in [0.5, 0.6) is 0 Å². The van der Waals surface area contributed by atoms with Crippen molar-refractivity contribution in [2.45, 2.75) is 57.3 Å². The molecular formula is C19H25N3O2. The lowest BCUT2D eigenvalue weighted by Gasteiger charge is -2.24. The molecule has 1 aromatic rings. The molecule has 3 atom stereocenters. The maximum absolute atomic E-state index is 12.9. The van der Waals surface area contributed by atoms with Crippen LogP contribution in [-0.4, -0.2) is 57.4 Å². The minimum atomic E-state index is -0.590. The first kappa shape index (κ1) is 15.6. The highest BCUT2D eigenvalue weighted by Gasteiger charge is 2.58. The average molecular weight is 327 g/mol. The van der Waals surface area contributed by atoms with Gasteiger partial charge in [0.2, 0.25) is 0 Å². The van der Waals surface area contributed by atoms with Crippen molar-refractivity contribution < 1.29 is 9.59 Å². The Morgan fingerprint density at radius 3 is 2.67 bits per heavy atom. The summed E-state index contributed by atoms with van der Waals surface area (Å²) in [5, 5.41) is 0. The number of carbonyl (C=O) groups excluding carboxylic acids is 2. The van der Waals surface area contributed by atoms with Gasteiger partial charge in [-0.05, 0) is 38.7 Å². The molecular weight excluding hydrogens is 302 g/mol. The quantitative estimate of drug-likeness (QED) is 0.801. The average Bonchev–Trinajstić information content (AvgIpc) is 3.17. The van der Waals surface area contributed by atoms with E-state index in [1.165, 1.54) is 5.56 Å². The van der Waals surface area contributed by atoms with Gasteiger partial charge in [-0.15, -0.1) is 0 Å². The van der Waals surface area contributed by atoms with Gasteiger partial charge in [-0.25, -0.2) is 4.79 Å². The van der Waals surface area contributed by atoms with E-state index < -0.39 is 5.54 Å². The van der Waals surface area contributed by atoms with Crippen LogP contribution in [0.1, 0.15) is 38.7 Å². The maximum atomic E-state index is 12.9. The summed E-state index contributed by atoms with van der Waals surface area (Å²) < 4.78 is 0. The highest BCUT2D eigenvalue weighted by atomic mass is 16.2. The molecule has 3 aliphatic rings. The number of amides is 3. The fraction of sp³-hybridized carbons (Fsp3) is 0.579. The Labute approximate surface area is 143 Å². The second-order valence-corrected chi connectivity index (χ2v) is 7.64. The van der Waals surface area contributed by atoms with Crippen LogP contribution in [0.3, 0.4) is 0 Å². The summed E-state index contributed by atoms with van der Waals surface area (Å²) in [4.78, 5) is 31.4. The third-order valence-corrected chi connectivity index (χ3v) is 6.03. The molecule has 24 heavy (non-hydrogen) atoms. The summed E-state index contributed by atoms with van der Waals surface area (Å²) in [5.41, 5.74) is 0.685. The number of benzene rings is 1. The molecule has 0 aromatic heterocycles. The molecule has 1 aromatic carbocycles. The van der Waals surface area contributed by atoms with Crippen LogP contribution < -0.4 is 0 Å². The van der Waals surface area contributed by atoms with E-state index in [0.717, 1.165) is 32.4 Å². The fourth-order valence-electron chi connectivity index (χ4n) is 4.58. The van der Waals surface area contributed by atoms with Gasteiger partial charge in [0.15, 0.2) is 0 Å². The van der Waals surface area contributed by atoms with Crippen molar-refractivity contribution in [2.24, 2.45) is 0 Å². The first-order valence-electron chi connectivity index (χ1n) is 8.94. The number of carbonyl (C=O) groups is 2. The Morgan fingerprint density at radius 1 is 1.21 bits per heavy atom. The van der Waals surface area contributed by atoms with Crippen molar-refractivity contribution in [3.8, 4) is 0 Å². The molecule has 4 rings (SSSR count). The van der Waals surface area contributed by atoms with Crippen LogP contribution in [0, 0.1) is 0 Å². The van der Waals surface area contributed by atoms with Gasteiger partial charge in [-0.3, -0.25) is 14.6 Å². The van der Waals surface area contributed by atoms with Crippen LogP contribution in [0.25, 0.3) is 0 Å². The lowest BCUT2D eigenvalue weighted by molar-refractivity contribution is -0.133. The van der Waals surface area contributed by atoms with Crippen LogP contribution in [0.4, 0.5) is 4.79 Å². The van der Waals surface area contributed by atoms with Crippen molar-refractivity contribution in [3.05, 3.63) is 35.9 Å². The number of urea groups is 1. The minimum Gasteiger partial charge on any atom is -0.310 e. The molecule has 3 saturated heterocycles. The molecule has 5 heteroatoms. The molecule has 3 amide bonds. The molecule has 0 bridgehead atoms. The van der Waals surface area contributed by atoms with Gasteiger partial charge in [-0.2, -0.15) is 0 Å². The minimum absolute atomic E-state index is 0.00568. The van der Waals surface area contributed by atoms with Gasteiger partial charge in [0.1, 0.15) is 5.54 Å². The number of fused-ring (bicyclic) bond motifs is 1. The topological polar surface area (TPSA) is 43.9 Å². The lowest BCUT2D eigenvalue weighted by Crippen LogP contribution is -2.45. The summed E-state index contributed by atoms with van der Waals surface area (Å²) in [6.07, 6.45) is 2.60. The van der Waals surface area contributed by atoms with E-state index in [9.17, 15) is 9.59 Å². The standard InChI is InChI=1S/C19H25N3O2/c1-14-11-16(13-20(14)12-15-7-4-3-5-8-15)22-17(23)19(2)9-6-10-21(19)18(22)24/h3-5,7-8,14,16H,6,9-13H2,1-2H3. The maximum Gasteiger partial charge on any atom is 0.327 e. The van der Waals surface area contributed by atoms with Crippen molar-refractivity contribution in [3.63, 3.8) is 0 Å². The number of hydrogen-bond donors (Lipinski definition) is 0. The van der Waals surface area contributed by atoms with Crippen LogP contribution in [0.2, 0.25) is 0 Å². The smallest absolute Gasteiger partial charge is 0.310 e. The molecule has 0 spiro atoms. The van der Waals surface area contributed by atoms with Gasteiger partial charge in [0, 0.05) is 25.7 Å². The first-order chi connectivity index (χ1) is 11.5. The summed E-state index contributed by atoms with van der Waals surface area (Å²) in [7, 11) is 0. The molecule has 3 aliphatic heterocycles. The number of rotatable bonds is 3. The monoisotopic (exact) mass is 327 g/mol. The van der Waals surface area contributed by atoms with Crippen molar-refractivity contribution in [1.29, 1.82) is 0 Å². The van der Waals surface area contributed by atoms with Crippen molar-refractivity contribution in [2.75, 3.05) is 13.1 Å². The van der Waals surface area contributed by atoms with Crippen LogP contribution in [0.15, 0.2) is 30.3 Å². The third-order valence-electron chi connectivity index (χ3n) is 6.03. The number of imide groups is 1. The highest BCUT2D eigenvalue weighted by molar-refractivity contribution is 6.07. The summed E-state index contributed by atoms with van der Waals surface area (Å²) in [6.45, 7) is 6.48. The number of hydrogen-bond acceptors (Lipinski definition) is 3. The van der Waals surface area contributed by atoms with E-state index in [1.54, 1.807) is 9.80 Å². The van der Waals surface area contributed by atoms with E-state index in [4.69, 9.17) is 0 Å². The Hall–Kier alpha value is -1.88. The van der Waals surface area contributed by atoms with Gasteiger partial charge in [0.05, 0.1) is 6.04 Å². The Bertz CT molecular complexity index is 662. The van der Waals surface area contributed by atoms with Gasteiger partial charge in [-0.1, -0.05) is 30.3 Å². The second-order valence-electron chi connectivity index (χ2n) is 7.64. The van der Waals surface area contributed by atoms with Crippen molar-refractivity contribution >= 4 is 11.9 Å². The van der Waals surface area contributed by atoms with Gasteiger partial charge < -0.3 is 4.90 Å². The number of nitrogens with zero attached hydrogens (tertiary/aromatic N) is 3. The zero-order chi connectivity index (χ0) is 16.9. The van der Waals surface area contributed by atoms with Crippen LogP contribution in [-0.2, 0) is 11.3 Å². The molecule has 5 nitrogen and oxygen atoms in total. The van der Waals surface area contributed by atoms with E-state index in [0.29, 0.717) is 12.6 Å². The molecule has 0 aliphatic carbocycles.